The Labute approximate surface area is 122 Å². The number of para-hydroxylation sites is 1. The standard InChI is InChI=1S/C15H16N4O2/c1-4-16-14-17-13(18-15(19-14)20-3)11-8-10-7-5-6-9(2)12(10)21-11/h5-8H,4H2,1-3H3,(H,16,17,18,19). The minimum atomic E-state index is 0.258. The van der Waals surface area contributed by atoms with Crippen molar-refractivity contribution in [2.75, 3.05) is 19.0 Å². The maximum absolute atomic E-state index is 5.88. The predicted molar refractivity (Wildman–Crippen MR) is 80.5 cm³/mol. The summed E-state index contributed by atoms with van der Waals surface area (Å²) in [6.07, 6.45) is 0. The van der Waals surface area contributed by atoms with Crippen molar-refractivity contribution in [2.45, 2.75) is 13.8 Å². The maximum Gasteiger partial charge on any atom is 0.321 e. The monoisotopic (exact) mass is 284 g/mol. The van der Waals surface area contributed by atoms with Crippen LogP contribution in [-0.2, 0) is 0 Å². The minimum absolute atomic E-state index is 0.258. The molecule has 0 atom stereocenters. The number of nitrogens with zero attached hydrogens (tertiary/aromatic N) is 3. The van der Waals surface area contributed by atoms with Gasteiger partial charge in [-0.05, 0) is 25.5 Å². The lowest BCUT2D eigenvalue weighted by Crippen LogP contribution is -2.06. The molecule has 6 heteroatoms. The van der Waals surface area contributed by atoms with E-state index in [1.807, 2.05) is 38.1 Å². The first-order chi connectivity index (χ1) is 10.2. The van der Waals surface area contributed by atoms with E-state index in [0.717, 1.165) is 16.5 Å². The molecule has 2 heterocycles. The van der Waals surface area contributed by atoms with Crippen LogP contribution in [0.4, 0.5) is 5.95 Å². The van der Waals surface area contributed by atoms with E-state index >= 15 is 0 Å². The van der Waals surface area contributed by atoms with Crippen LogP contribution >= 0.6 is 0 Å². The Bertz CT molecular complexity index is 782. The van der Waals surface area contributed by atoms with Crippen LogP contribution in [0.2, 0.25) is 0 Å². The first-order valence-corrected chi connectivity index (χ1v) is 6.74. The zero-order chi connectivity index (χ0) is 14.8. The number of hydrogen-bond donors (Lipinski definition) is 1. The predicted octanol–water partition coefficient (Wildman–Crippen LogP) is 3.03. The maximum atomic E-state index is 5.88. The van der Waals surface area contributed by atoms with Gasteiger partial charge in [0.15, 0.2) is 5.76 Å². The molecule has 0 amide bonds. The summed E-state index contributed by atoms with van der Waals surface area (Å²) in [6, 6.07) is 8.18. The van der Waals surface area contributed by atoms with Crippen LogP contribution in [0.1, 0.15) is 12.5 Å². The van der Waals surface area contributed by atoms with Gasteiger partial charge in [0, 0.05) is 11.9 Å². The van der Waals surface area contributed by atoms with Crippen molar-refractivity contribution in [1.82, 2.24) is 15.0 Å². The summed E-state index contributed by atoms with van der Waals surface area (Å²) in [5.74, 6) is 1.52. The van der Waals surface area contributed by atoms with Gasteiger partial charge in [-0.25, -0.2) is 0 Å². The highest BCUT2D eigenvalue weighted by molar-refractivity contribution is 5.84. The van der Waals surface area contributed by atoms with Gasteiger partial charge in [0.25, 0.3) is 0 Å². The fraction of sp³-hybridized carbons (Fsp3) is 0.267. The van der Waals surface area contributed by atoms with Crippen LogP contribution in [0.5, 0.6) is 6.01 Å². The molecule has 2 aromatic heterocycles. The van der Waals surface area contributed by atoms with E-state index in [0.29, 0.717) is 24.1 Å². The number of benzene rings is 1. The van der Waals surface area contributed by atoms with Crippen LogP contribution in [0.3, 0.4) is 0 Å². The Kier molecular flexibility index (Phi) is 3.43. The number of hydrogen-bond acceptors (Lipinski definition) is 6. The van der Waals surface area contributed by atoms with Gasteiger partial charge in [0.2, 0.25) is 11.8 Å². The Morgan fingerprint density at radius 3 is 2.81 bits per heavy atom. The van der Waals surface area contributed by atoms with E-state index in [1.165, 1.54) is 7.11 Å². The molecule has 0 spiro atoms. The number of methoxy groups -OCH3 is 1. The average molecular weight is 284 g/mol. The molecule has 3 rings (SSSR count). The molecule has 21 heavy (non-hydrogen) atoms. The lowest BCUT2D eigenvalue weighted by atomic mass is 10.2. The third-order valence-electron chi connectivity index (χ3n) is 3.09. The van der Waals surface area contributed by atoms with Crippen molar-refractivity contribution in [1.29, 1.82) is 0 Å². The van der Waals surface area contributed by atoms with Crippen molar-refractivity contribution >= 4 is 16.9 Å². The third-order valence-corrected chi connectivity index (χ3v) is 3.09. The zero-order valence-electron chi connectivity index (χ0n) is 12.2. The Hall–Kier alpha value is -2.63. The molecule has 0 aliphatic heterocycles. The molecule has 1 N–H and O–H groups in total. The molecular weight excluding hydrogens is 268 g/mol. The first kappa shape index (κ1) is 13.4. The lowest BCUT2D eigenvalue weighted by Gasteiger charge is -2.05. The number of rotatable bonds is 4. The molecule has 0 saturated heterocycles. The number of aryl methyl sites for hydroxylation is 1. The number of anilines is 1. The van der Waals surface area contributed by atoms with Gasteiger partial charge in [0.1, 0.15) is 5.58 Å². The van der Waals surface area contributed by atoms with Crippen LogP contribution < -0.4 is 10.1 Å². The van der Waals surface area contributed by atoms with Gasteiger partial charge in [0.05, 0.1) is 7.11 Å². The van der Waals surface area contributed by atoms with Gasteiger partial charge in [-0.15, -0.1) is 0 Å². The smallest absolute Gasteiger partial charge is 0.321 e. The molecule has 0 fully saturated rings. The van der Waals surface area contributed by atoms with E-state index in [9.17, 15) is 0 Å². The summed E-state index contributed by atoms with van der Waals surface area (Å²) < 4.78 is 11.0. The van der Waals surface area contributed by atoms with Gasteiger partial charge in [-0.3, -0.25) is 0 Å². The normalized spacial score (nSPS) is 10.8. The number of nitrogens with one attached hydrogen (secondary N) is 1. The van der Waals surface area contributed by atoms with Crippen LogP contribution in [-0.4, -0.2) is 28.6 Å². The number of aromatic nitrogens is 3. The largest absolute Gasteiger partial charge is 0.467 e. The van der Waals surface area contributed by atoms with Crippen LogP contribution in [0.25, 0.3) is 22.6 Å². The fourth-order valence-electron chi connectivity index (χ4n) is 2.11. The van der Waals surface area contributed by atoms with E-state index in [1.54, 1.807) is 0 Å². The number of ether oxygens (including phenoxy) is 1. The molecule has 0 aliphatic rings. The Morgan fingerprint density at radius 2 is 2.10 bits per heavy atom. The van der Waals surface area contributed by atoms with Gasteiger partial charge in [-0.2, -0.15) is 15.0 Å². The summed E-state index contributed by atoms with van der Waals surface area (Å²) in [6.45, 7) is 4.69. The SMILES string of the molecule is CCNc1nc(OC)nc(-c2cc3cccc(C)c3o2)n1. The quantitative estimate of drug-likeness (QED) is 0.794. The highest BCUT2D eigenvalue weighted by Crippen LogP contribution is 2.28. The fourth-order valence-corrected chi connectivity index (χ4v) is 2.11. The second-order valence-electron chi connectivity index (χ2n) is 4.60. The molecule has 0 unspecified atom stereocenters. The first-order valence-electron chi connectivity index (χ1n) is 6.74. The van der Waals surface area contributed by atoms with Crippen molar-refractivity contribution < 1.29 is 9.15 Å². The van der Waals surface area contributed by atoms with Gasteiger partial charge in [-0.1, -0.05) is 18.2 Å². The average Bonchev–Trinajstić information content (AvgIpc) is 2.93. The summed E-state index contributed by atoms with van der Waals surface area (Å²) in [7, 11) is 1.53. The van der Waals surface area contributed by atoms with Crippen molar-refractivity contribution in [3.05, 3.63) is 29.8 Å². The van der Waals surface area contributed by atoms with Crippen molar-refractivity contribution in [2.24, 2.45) is 0 Å². The summed E-state index contributed by atoms with van der Waals surface area (Å²) >= 11 is 0. The van der Waals surface area contributed by atoms with E-state index in [4.69, 9.17) is 9.15 Å². The second kappa shape index (κ2) is 5.40. The molecule has 0 bridgehead atoms. The highest BCUT2D eigenvalue weighted by atomic mass is 16.5. The number of fused-ring (bicyclic) bond motifs is 1. The third kappa shape index (κ3) is 2.52. The molecule has 108 valence electrons. The molecular formula is C15H16N4O2. The lowest BCUT2D eigenvalue weighted by molar-refractivity contribution is 0.379. The van der Waals surface area contributed by atoms with E-state index in [2.05, 4.69) is 20.3 Å². The molecule has 3 aromatic rings. The molecule has 1 aromatic carbocycles. The van der Waals surface area contributed by atoms with Gasteiger partial charge >= 0.3 is 6.01 Å². The summed E-state index contributed by atoms with van der Waals surface area (Å²) in [4.78, 5) is 12.8. The molecule has 0 radical (unpaired) electrons. The number of furan rings is 1. The molecule has 0 aliphatic carbocycles. The minimum Gasteiger partial charge on any atom is -0.467 e. The summed E-state index contributed by atoms with van der Waals surface area (Å²) in [5.41, 5.74) is 1.92. The molecule has 6 nitrogen and oxygen atoms in total. The van der Waals surface area contributed by atoms with Crippen molar-refractivity contribution in [3.8, 4) is 17.6 Å². The topological polar surface area (TPSA) is 73.1 Å². The zero-order valence-corrected chi connectivity index (χ0v) is 12.2. The van der Waals surface area contributed by atoms with Crippen molar-refractivity contribution in [3.63, 3.8) is 0 Å². The van der Waals surface area contributed by atoms with E-state index < -0.39 is 0 Å². The van der Waals surface area contributed by atoms with Crippen LogP contribution in [0, 0.1) is 6.92 Å². The van der Waals surface area contributed by atoms with E-state index in [-0.39, 0.29) is 6.01 Å². The van der Waals surface area contributed by atoms with Crippen LogP contribution in [0.15, 0.2) is 28.7 Å². The molecule has 0 saturated carbocycles. The summed E-state index contributed by atoms with van der Waals surface area (Å²) in [5, 5.41) is 4.08. The Morgan fingerprint density at radius 1 is 1.24 bits per heavy atom. The highest BCUT2D eigenvalue weighted by Gasteiger charge is 2.13. The second-order valence-corrected chi connectivity index (χ2v) is 4.60. The Balaban J connectivity index is 2.12. The van der Waals surface area contributed by atoms with Gasteiger partial charge < -0.3 is 14.5 Å².